The van der Waals surface area contributed by atoms with Gasteiger partial charge in [-0.15, -0.1) is 0 Å². The van der Waals surface area contributed by atoms with Gasteiger partial charge in [0.15, 0.2) is 0 Å². The summed E-state index contributed by atoms with van der Waals surface area (Å²) in [5.74, 6) is 0.613. The zero-order chi connectivity index (χ0) is 18.2. The number of hydrogen-bond acceptors (Lipinski definition) is 3. The molecule has 0 saturated carbocycles. The van der Waals surface area contributed by atoms with Crippen LogP contribution in [0.4, 0.5) is 0 Å². The van der Waals surface area contributed by atoms with Crippen LogP contribution in [0.3, 0.4) is 0 Å². The maximum Gasteiger partial charge on any atom is 0.251 e. The average molecular weight is 340 g/mol. The Bertz CT molecular complexity index is 739. The van der Waals surface area contributed by atoms with Crippen LogP contribution >= 0.6 is 0 Å². The Labute approximate surface area is 148 Å². The van der Waals surface area contributed by atoms with Gasteiger partial charge in [-0.05, 0) is 43.2 Å². The second-order valence-electron chi connectivity index (χ2n) is 5.92. The van der Waals surface area contributed by atoms with Gasteiger partial charge in [-0.3, -0.25) is 9.59 Å². The van der Waals surface area contributed by atoms with E-state index >= 15 is 0 Å². The van der Waals surface area contributed by atoms with Gasteiger partial charge in [-0.25, -0.2) is 0 Å². The molecule has 0 aromatic heterocycles. The summed E-state index contributed by atoms with van der Waals surface area (Å²) < 4.78 is 5.66. The number of amides is 2. The molecule has 5 nitrogen and oxygen atoms in total. The molecule has 132 valence electrons. The third-order valence-electron chi connectivity index (χ3n) is 3.85. The molecule has 0 aliphatic heterocycles. The van der Waals surface area contributed by atoms with E-state index in [4.69, 9.17) is 4.74 Å². The summed E-state index contributed by atoms with van der Waals surface area (Å²) in [6.07, 6.45) is 0.295. The highest BCUT2D eigenvalue weighted by Crippen LogP contribution is 2.18. The van der Waals surface area contributed by atoms with Crippen molar-refractivity contribution in [2.45, 2.75) is 26.8 Å². The van der Waals surface area contributed by atoms with E-state index in [0.29, 0.717) is 25.1 Å². The van der Waals surface area contributed by atoms with Crippen molar-refractivity contribution in [3.63, 3.8) is 0 Å². The van der Waals surface area contributed by atoms with Crippen LogP contribution in [0.1, 0.15) is 33.5 Å². The Balaban J connectivity index is 1.74. The molecule has 0 aliphatic rings. The maximum atomic E-state index is 11.9. The molecule has 2 N–H and O–H groups in total. The molecule has 25 heavy (non-hydrogen) atoms. The lowest BCUT2D eigenvalue weighted by Crippen LogP contribution is -2.24. The van der Waals surface area contributed by atoms with Crippen molar-refractivity contribution < 1.29 is 14.3 Å². The van der Waals surface area contributed by atoms with Crippen molar-refractivity contribution in [3.05, 3.63) is 64.7 Å². The predicted molar refractivity (Wildman–Crippen MR) is 97.7 cm³/mol. The van der Waals surface area contributed by atoms with Crippen LogP contribution in [0.25, 0.3) is 0 Å². The summed E-state index contributed by atoms with van der Waals surface area (Å²) in [6, 6.07) is 13.1. The Kier molecular flexibility index (Phi) is 6.57. The molecule has 0 aliphatic carbocycles. The van der Waals surface area contributed by atoms with Gasteiger partial charge in [0.25, 0.3) is 5.91 Å². The van der Waals surface area contributed by atoms with Crippen molar-refractivity contribution in [1.82, 2.24) is 10.6 Å². The van der Waals surface area contributed by atoms with Gasteiger partial charge in [0.05, 0.1) is 13.0 Å². The van der Waals surface area contributed by atoms with E-state index in [2.05, 4.69) is 16.7 Å². The van der Waals surface area contributed by atoms with Crippen LogP contribution in [0.15, 0.2) is 42.5 Å². The first-order chi connectivity index (χ1) is 12.0. The largest absolute Gasteiger partial charge is 0.493 e. The molecule has 0 fully saturated rings. The summed E-state index contributed by atoms with van der Waals surface area (Å²) in [7, 11) is 1.59. The van der Waals surface area contributed by atoms with E-state index in [9.17, 15) is 9.59 Å². The van der Waals surface area contributed by atoms with Crippen molar-refractivity contribution in [2.75, 3.05) is 13.7 Å². The lowest BCUT2D eigenvalue weighted by Gasteiger charge is -2.10. The van der Waals surface area contributed by atoms with Gasteiger partial charge in [0.1, 0.15) is 5.75 Å². The highest BCUT2D eigenvalue weighted by atomic mass is 16.5. The highest BCUT2D eigenvalue weighted by molar-refractivity contribution is 5.93. The second-order valence-corrected chi connectivity index (χ2v) is 5.92. The van der Waals surface area contributed by atoms with Crippen LogP contribution in [-0.4, -0.2) is 25.5 Å². The molecule has 2 amide bonds. The van der Waals surface area contributed by atoms with E-state index in [1.807, 2.05) is 38.1 Å². The molecule has 0 heterocycles. The lowest BCUT2D eigenvalue weighted by molar-refractivity contribution is -0.121. The Morgan fingerprint density at radius 1 is 1.04 bits per heavy atom. The monoisotopic (exact) mass is 340 g/mol. The molecule has 0 bridgehead atoms. The van der Waals surface area contributed by atoms with Gasteiger partial charge < -0.3 is 15.4 Å². The predicted octanol–water partition coefficient (Wildman–Crippen LogP) is 2.75. The molecule has 2 aromatic rings. The fourth-order valence-corrected chi connectivity index (χ4v) is 2.42. The number of rotatable bonds is 7. The summed E-state index contributed by atoms with van der Waals surface area (Å²) in [5.41, 5.74) is 3.79. The molecule has 0 unspecified atom stereocenters. The van der Waals surface area contributed by atoms with Crippen LogP contribution in [-0.2, 0) is 11.3 Å². The standard InChI is InChI=1S/C20H24N2O3/c1-14-4-9-18(15(2)12-14)25-11-10-19(23)22-13-16-5-7-17(8-6-16)20(24)21-3/h4-9,12H,10-11,13H2,1-3H3,(H,21,24)(H,22,23). The third kappa shape index (κ3) is 5.64. The van der Waals surface area contributed by atoms with E-state index < -0.39 is 0 Å². The van der Waals surface area contributed by atoms with E-state index in [0.717, 1.165) is 16.9 Å². The summed E-state index contributed by atoms with van der Waals surface area (Å²) in [4.78, 5) is 23.4. The zero-order valence-corrected chi connectivity index (χ0v) is 14.9. The van der Waals surface area contributed by atoms with Gasteiger partial charge in [-0.2, -0.15) is 0 Å². The Morgan fingerprint density at radius 3 is 2.40 bits per heavy atom. The fourth-order valence-electron chi connectivity index (χ4n) is 2.42. The number of benzene rings is 2. The number of carbonyl (C=O) groups excluding carboxylic acids is 2. The van der Waals surface area contributed by atoms with Crippen molar-refractivity contribution in [1.29, 1.82) is 0 Å². The van der Waals surface area contributed by atoms with E-state index in [-0.39, 0.29) is 11.8 Å². The zero-order valence-electron chi connectivity index (χ0n) is 14.9. The van der Waals surface area contributed by atoms with Crippen LogP contribution < -0.4 is 15.4 Å². The second kappa shape index (κ2) is 8.87. The molecule has 0 saturated heterocycles. The summed E-state index contributed by atoms with van der Waals surface area (Å²) in [5, 5.41) is 5.42. The Hall–Kier alpha value is -2.82. The highest BCUT2D eigenvalue weighted by Gasteiger charge is 2.05. The number of hydrogen-bond donors (Lipinski definition) is 2. The van der Waals surface area contributed by atoms with Crippen LogP contribution in [0.2, 0.25) is 0 Å². The van der Waals surface area contributed by atoms with Gasteiger partial charge in [-0.1, -0.05) is 29.8 Å². The number of carbonyl (C=O) groups is 2. The minimum absolute atomic E-state index is 0.0693. The fraction of sp³-hybridized carbons (Fsp3) is 0.300. The van der Waals surface area contributed by atoms with Crippen LogP contribution in [0.5, 0.6) is 5.75 Å². The summed E-state index contributed by atoms with van der Waals surface area (Å²) >= 11 is 0. The van der Waals surface area contributed by atoms with Gasteiger partial charge in [0, 0.05) is 19.2 Å². The number of nitrogens with one attached hydrogen (secondary N) is 2. The maximum absolute atomic E-state index is 11.9. The number of ether oxygens (including phenoxy) is 1. The average Bonchev–Trinajstić information content (AvgIpc) is 2.61. The molecule has 2 rings (SSSR count). The van der Waals surface area contributed by atoms with Crippen molar-refractivity contribution in [3.8, 4) is 5.75 Å². The number of aryl methyl sites for hydroxylation is 2. The summed E-state index contributed by atoms with van der Waals surface area (Å²) in [6.45, 7) is 4.79. The third-order valence-corrected chi connectivity index (χ3v) is 3.85. The minimum Gasteiger partial charge on any atom is -0.493 e. The first kappa shape index (κ1) is 18.5. The Morgan fingerprint density at radius 2 is 1.76 bits per heavy atom. The molecular formula is C20H24N2O3. The normalized spacial score (nSPS) is 10.2. The lowest BCUT2D eigenvalue weighted by atomic mass is 10.1. The quantitative estimate of drug-likeness (QED) is 0.814. The smallest absolute Gasteiger partial charge is 0.251 e. The molecule has 0 spiro atoms. The topological polar surface area (TPSA) is 67.4 Å². The molecule has 0 atom stereocenters. The van der Waals surface area contributed by atoms with E-state index in [1.165, 1.54) is 5.56 Å². The molecule has 0 radical (unpaired) electrons. The molecule has 2 aromatic carbocycles. The van der Waals surface area contributed by atoms with E-state index in [1.54, 1.807) is 19.2 Å². The van der Waals surface area contributed by atoms with Gasteiger partial charge >= 0.3 is 0 Å². The van der Waals surface area contributed by atoms with Crippen LogP contribution in [0, 0.1) is 13.8 Å². The minimum atomic E-state index is -0.126. The van der Waals surface area contributed by atoms with Crippen molar-refractivity contribution in [2.24, 2.45) is 0 Å². The first-order valence-corrected chi connectivity index (χ1v) is 8.27. The van der Waals surface area contributed by atoms with Crippen molar-refractivity contribution >= 4 is 11.8 Å². The molecular weight excluding hydrogens is 316 g/mol. The first-order valence-electron chi connectivity index (χ1n) is 8.27. The molecule has 5 heteroatoms. The SMILES string of the molecule is CNC(=O)c1ccc(CNC(=O)CCOc2ccc(C)cc2C)cc1. The van der Waals surface area contributed by atoms with Gasteiger partial charge in [0.2, 0.25) is 5.91 Å².